The number of rotatable bonds is 4. The first kappa shape index (κ1) is 17.4. The highest BCUT2D eigenvalue weighted by Gasteiger charge is 2.08. The van der Waals surface area contributed by atoms with Crippen LogP contribution in [0.2, 0.25) is 0 Å². The number of aromatic nitrogens is 4. The zero-order valence-electron chi connectivity index (χ0n) is 16.1. The van der Waals surface area contributed by atoms with Gasteiger partial charge in [-0.05, 0) is 53.1 Å². The largest absolute Gasteiger partial charge is 0.341 e. The van der Waals surface area contributed by atoms with Gasteiger partial charge in [0.15, 0.2) is 0 Å². The van der Waals surface area contributed by atoms with Crippen molar-refractivity contribution in [3.63, 3.8) is 0 Å². The molecule has 142 valence electrons. The van der Waals surface area contributed by atoms with Crippen molar-refractivity contribution in [2.24, 2.45) is 5.73 Å². The highest BCUT2D eigenvalue weighted by atomic mass is 15.0. The molecule has 0 fully saturated rings. The minimum atomic E-state index is -0.105. The second-order valence-corrected chi connectivity index (χ2v) is 7.26. The lowest BCUT2D eigenvalue weighted by Crippen LogP contribution is -2.06. The maximum atomic E-state index is 5.91. The summed E-state index contributed by atoms with van der Waals surface area (Å²) in [6.45, 7) is 1.92. The minimum absolute atomic E-state index is 0.105. The van der Waals surface area contributed by atoms with Crippen LogP contribution in [-0.4, -0.2) is 19.5 Å². The third kappa shape index (κ3) is 3.32. The number of imidazole rings is 2. The molecule has 5 aromatic rings. The molecule has 0 saturated carbocycles. The van der Waals surface area contributed by atoms with Gasteiger partial charge in [-0.1, -0.05) is 36.4 Å². The van der Waals surface area contributed by atoms with E-state index in [-0.39, 0.29) is 6.04 Å². The van der Waals surface area contributed by atoms with Crippen LogP contribution in [0, 0.1) is 0 Å². The fourth-order valence-corrected chi connectivity index (χ4v) is 3.55. The van der Waals surface area contributed by atoms with E-state index in [0.717, 1.165) is 22.8 Å². The molecule has 5 rings (SSSR count). The summed E-state index contributed by atoms with van der Waals surface area (Å²) in [7, 11) is 0. The second-order valence-electron chi connectivity index (χ2n) is 7.26. The lowest BCUT2D eigenvalue weighted by molar-refractivity contribution is 0.756. The smallest absolute Gasteiger partial charge is 0.123 e. The number of hydrogen-bond donors (Lipinski definition) is 2. The molecule has 0 unspecified atom stereocenters. The lowest BCUT2D eigenvalue weighted by atomic mass is 9.99. The molecule has 5 nitrogen and oxygen atoms in total. The molecule has 0 aliphatic heterocycles. The van der Waals surface area contributed by atoms with E-state index in [1.807, 2.05) is 23.9 Å². The molecule has 3 N–H and O–H groups in total. The van der Waals surface area contributed by atoms with Crippen LogP contribution >= 0.6 is 0 Å². The first-order chi connectivity index (χ1) is 14.2. The van der Waals surface area contributed by atoms with Crippen LogP contribution in [0.3, 0.4) is 0 Å². The number of nitrogens with two attached hydrogens (primary N) is 1. The SMILES string of the molecule is C[C@H](N)c1ncc(-c2ccc3cc(-c4ccc(-n5ccnc5)cc4)ccc3c2)[nH]1. The Morgan fingerprint density at radius 1 is 0.897 bits per heavy atom. The molecule has 0 amide bonds. The van der Waals surface area contributed by atoms with Gasteiger partial charge in [0.1, 0.15) is 5.82 Å². The number of fused-ring (bicyclic) bond motifs is 1. The molecule has 0 aliphatic rings. The quantitative estimate of drug-likeness (QED) is 0.456. The van der Waals surface area contributed by atoms with Crippen LogP contribution in [0.15, 0.2) is 85.6 Å². The Balaban J connectivity index is 1.46. The third-order valence-corrected chi connectivity index (χ3v) is 5.18. The monoisotopic (exact) mass is 379 g/mol. The third-order valence-electron chi connectivity index (χ3n) is 5.18. The number of benzene rings is 3. The van der Waals surface area contributed by atoms with Crippen LogP contribution in [0.4, 0.5) is 0 Å². The van der Waals surface area contributed by atoms with Gasteiger partial charge in [-0.15, -0.1) is 0 Å². The topological polar surface area (TPSA) is 72.5 Å². The summed E-state index contributed by atoms with van der Waals surface area (Å²) in [5.41, 5.74) is 11.5. The van der Waals surface area contributed by atoms with E-state index in [2.05, 4.69) is 75.6 Å². The first-order valence-electron chi connectivity index (χ1n) is 9.61. The molecule has 1 atom stereocenters. The summed E-state index contributed by atoms with van der Waals surface area (Å²) in [5.74, 6) is 0.801. The van der Waals surface area contributed by atoms with Gasteiger partial charge in [-0.2, -0.15) is 0 Å². The van der Waals surface area contributed by atoms with E-state index in [1.165, 1.54) is 21.9 Å². The maximum absolute atomic E-state index is 5.91. The summed E-state index contributed by atoms with van der Waals surface area (Å²) in [5, 5.41) is 2.40. The van der Waals surface area contributed by atoms with E-state index in [9.17, 15) is 0 Å². The Morgan fingerprint density at radius 2 is 1.59 bits per heavy atom. The predicted octanol–water partition coefficient (Wildman–Crippen LogP) is 5.10. The molecule has 0 spiro atoms. The zero-order chi connectivity index (χ0) is 19.8. The predicted molar refractivity (Wildman–Crippen MR) is 117 cm³/mol. The fraction of sp³-hybridized carbons (Fsp3) is 0.0833. The average molecular weight is 379 g/mol. The fourth-order valence-electron chi connectivity index (χ4n) is 3.55. The minimum Gasteiger partial charge on any atom is -0.341 e. The normalized spacial score (nSPS) is 12.3. The average Bonchev–Trinajstić information content (AvgIpc) is 3.45. The number of hydrogen-bond acceptors (Lipinski definition) is 3. The van der Waals surface area contributed by atoms with Crippen LogP contribution in [-0.2, 0) is 0 Å². The van der Waals surface area contributed by atoms with E-state index < -0.39 is 0 Å². The summed E-state index contributed by atoms with van der Waals surface area (Å²) in [6.07, 6.45) is 7.38. The summed E-state index contributed by atoms with van der Waals surface area (Å²) >= 11 is 0. The van der Waals surface area contributed by atoms with Crippen molar-refractivity contribution in [3.05, 3.63) is 91.4 Å². The molecule has 3 aromatic carbocycles. The first-order valence-corrected chi connectivity index (χ1v) is 9.61. The number of nitrogens with zero attached hydrogens (tertiary/aromatic N) is 3. The second kappa shape index (κ2) is 7.04. The molecule has 0 aliphatic carbocycles. The number of nitrogens with one attached hydrogen (secondary N) is 1. The highest BCUT2D eigenvalue weighted by Crippen LogP contribution is 2.28. The zero-order valence-corrected chi connectivity index (χ0v) is 16.1. The van der Waals surface area contributed by atoms with Gasteiger partial charge < -0.3 is 15.3 Å². The Labute approximate surface area is 168 Å². The van der Waals surface area contributed by atoms with Gasteiger partial charge in [0, 0.05) is 23.6 Å². The molecule has 0 saturated heterocycles. The van der Waals surface area contributed by atoms with Crippen molar-refractivity contribution in [1.82, 2.24) is 19.5 Å². The molecular weight excluding hydrogens is 358 g/mol. The van der Waals surface area contributed by atoms with Crippen LogP contribution in [0.5, 0.6) is 0 Å². The van der Waals surface area contributed by atoms with Crippen molar-refractivity contribution in [1.29, 1.82) is 0 Å². The van der Waals surface area contributed by atoms with Gasteiger partial charge in [0.25, 0.3) is 0 Å². The molecule has 5 heteroatoms. The van der Waals surface area contributed by atoms with E-state index >= 15 is 0 Å². The summed E-state index contributed by atoms with van der Waals surface area (Å²) < 4.78 is 2.00. The van der Waals surface area contributed by atoms with E-state index in [0.29, 0.717) is 0 Å². The van der Waals surface area contributed by atoms with Crippen LogP contribution in [0.1, 0.15) is 18.8 Å². The molecule has 2 aromatic heterocycles. The molecular formula is C24H21N5. The van der Waals surface area contributed by atoms with E-state index in [1.54, 1.807) is 12.5 Å². The molecule has 2 heterocycles. The summed E-state index contributed by atoms with van der Waals surface area (Å²) in [6, 6.07) is 21.4. The van der Waals surface area contributed by atoms with Crippen molar-refractivity contribution >= 4 is 10.8 Å². The van der Waals surface area contributed by atoms with Gasteiger partial charge in [-0.25, -0.2) is 9.97 Å². The molecule has 0 bridgehead atoms. The molecule has 29 heavy (non-hydrogen) atoms. The van der Waals surface area contributed by atoms with E-state index in [4.69, 9.17) is 5.73 Å². The van der Waals surface area contributed by atoms with Gasteiger partial charge in [0.05, 0.1) is 24.3 Å². The lowest BCUT2D eigenvalue weighted by Gasteiger charge is -2.08. The highest BCUT2D eigenvalue weighted by molar-refractivity contribution is 5.90. The Kier molecular flexibility index (Phi) is 4.22. The standard InChI is InChI=1S/C24H21N5/c1-16(25)24-27-14-23(28-24)21-5-4-19-12-18(2-3-20(19)13-21)17-6-8-22(9-7-17)29-11-10-26-15-29/h2-16H,25H2,1H3,(H,27,28)/t16-/m0/s1. The van der Waals surface area contributed by atoms with Crippen LogP contribution < -0.4 is 5.73 Å². The number of aromatic amines is 1. The summed E-state index contributed by atoms with van der Waals surface area (Å²) in [4.78, 5) is 11.8. The van der Waals surface area contributed by atoms with Crippen LogP contribution in [0.25, 0.3) is 38.8 Å². The number of H-pyrrole nitrogens is 1. The molecule has 0 radical (unpaired) electrons. The Bertz CT molecular complexity index is 1260. The Hall–Kier alpha value is -3.70. The van der Waals surface area contributed by atoms with Gasteiger partial charge in [-0.3, -0.25) is 0 Å². The van der Waals surface area contributed by atoms with Crippen molar-refractivity contribution in [2.75, 3.05) is 0 Å². The van der Waals surface area contributed by atoms with Crippen molar-refractivity contribution in [2.45, 2.75) is 13.0 Å². The van der Waals surface area contributed by atoms with Crippen molar-refractivity contribution in [3.8, 4) is 28.1 Å². The van der Waals surface area contributed by atoms with Gasteiger partial charge >= 0.3 is 0 Å². The Morgan fingerprint density at radius 3 is 2.24 bits per heavy atom. The maximum Gasteiger partial charge on any atom is 0.123 e. The van der Waals surface area contributed by atoms with Gasteiger partial charge in [0.2, 0.25) is 0 Å². The van der Waals surface area contributed by atoms with Crippen molar-refractivity contribution < 1.29 is 0 Å².